The lowest BCUT2D eigenvalue weighted by molar-refractivity contribution is 0.0974. The summed E-state index contributed by atoms with van der Waals surface area (Å²) in [6, 6.07) is 9.05. The molecule has 1 aliphatic carbocycles. The average Bonchev–Trinajstić information content (AvgIpc) is 3.46. The first-order chi connectivity index (χ1) is 12.6. The van der Waals surface area contributed by atoms with Crippen molar-refractivity contribution >= 4 is 23.2 Å². The summed E-state index contributed by atoms with van der Waals surface area (Å²) in [6.07, 6.45) is 5.48. The van der Waals surface area contributed by atoms with Crippen LogP contribution in [0.4, 0.5) is 11.5 Å². The minimum absolute atomic E-state index is 0.149. The number of rotatable bonds is 8. The van der Waals surface area contributed by atoms with Crippen molar-refractivity contribution in [1.29, 1.82) is 0 Å². The Kier molecular flexibility index (Phi) is 5.66. The molecule has 26 heavy (non-hydrogen) atoms. The van der Waals surface area contributed by atoms with Crippen LogP contribution in [0.25, 0.3) is 0 Å². The van der Waals surface area contributed by atoms with E-state index < -0.39 is 0 Å². The zero-order chi connectivity index (χ0) is 18.5. The SMILES string of the molecule is CCCNc1ccc(C(=O)Nc2cc(C(=O)CC3CC3)ccc2C)cn1. The Bertz CT molecular complexity index is 795. The summed E-state index contributed by atoms with van der Waals surface area (Å²) in [7, 11) is 0. The molecule has 1 heterocycles. The van der Waals surface area contributed by atoms with E-state index in [-0.39, 0.29) is 11.7 Å². The van der Waals surface area contributed by atoms with Gasteiger partial charge in [0.1, 0.15) is 5.82 Å². The highest BCUT2D eigenvalue weighted by Crippen LogP contribution is 2.33. The second-order valence-electron chi connectivity index (χ2n) is 6.91. The summed E-state index contributed by atoms with van der Waals surface area (Å²) < 4.78 is 0. The number of carbonyl (C=O) groups excluding carboxylic acids is 2. The smallest absolute Gasteiger partial charge is 0.257 e. The third-order valence-electron chi connectivity index (χ3n) is 4.56. The topological polar surface area (TPSA) is 71.1 Å². The maximum absolute atomic E-state index is 12.5. The van der Waals surface area contributed by atoms with Crippen LogP contribution in [0, 0.1) is 12.8 Å². The Morgan fingerprint density at radius 2 is 1.92 bits per heavy atom. The summed E-state index contributed by atoms with van der Waals surface area (Å²) in [5.41, 5.74) is 2.75. The number of pyridine rings is 1. The monoisotopic (exact) mass is 351 g/mol. The molecule has 0 radical (unpaired) electrons. The van der Waals surface area contributed by atoms with Crippen LogP contribution in [0.5, 0.6) is 0 Å². The number of benzene rings is 1. The maximum Gasteiger partial charge on any atom is 0.257 e. The molecule has 0 spiro atoms. The number of anilines is 2. The van der Waals surface area contributed by atoms with E-state index in [0.29, 0.717) is 29.2 Å². The Morgan fingerprint density at radius 1 is 1.15 bits per heavy atom. The first-order valence-electron chi connectivity index (χ1n) is 9.22. The van der Waals surface area contributed by atoms with Crippen molar-refractivity contribution < 1.29 is 9.59 Å². The molecule has 136 valence electrons. The van der Waals surface area contributed by atoms with Gasteiger partial charge in [-0.15, -0.1) is 0 Å². The summed E-state index contributed by atoms with van der Waals surface area (Å²) >= 11 is 0. The lowest BCUT2D eigenvalue weighted by Crippen LogP contribution is -2.14. The zero-order valence-corrected chi connectivity index (χ0v) is 15.3. The summed E-state index contributed by atoms with van der Waals surface area (Å²) in [6.45, 7) is 4.85. The molecule has 5 nitrogen and oxygen atoms in total. The molecule has 0 saturated heterocycles. The number of ketones is 1. The van der Waals surface area contributed by atoms with E-state index in [1.165, 1.54) is 0 Å². The zero-order valence-electron chi connectivity index (χ0n) is 15.3. The molecule has 0 bridgehead atoms. The van der Waals surface area contributed by atoms with E-state index in [4.69, 9.17) is 0 Å². The number of Topliss-reactive ketones (excluding diaryl/α,β-unsaturated/α-hetero) is 1. The van der Waals surface area contributed by atoms with E-state index >= 15 is 0 Å². The molecule has 1 aliphatic rings. The number of aryl methyl sites for hydroxylation is 1. The van der Waals surface area contributed by atoms with Crippen molar-refractivity contribution in [3.05, 3.63) is 53.2 Å². The fourth-order valence-electron chi connectivity index (χ4n) is 2.71. The fraction of sp³-hybridized carbons (Fsp3) is 0.381. The summed E-state index contributed by atoms with van der Waals surface area (Å²) in [5, 5.41) is 6.08. The normalized spacial score (nSPS) is 13.3. The predicted octanol–water partition coefficient (Wildman–Crippen LogP) is 4.45. The Labute approximate surface area is 154 Å². The van der Waals surface area contributed by atoms with Crippen LogP contribution in [0.2, 0.25) is 0 Å². The van der Waals surface area contributed by atoms with E-state index in [9.17, 15) is 9.59 Å². The number of nitrogens with one attached hydrogen (secondary N) is 2. The van der Waals surface area contributed by atoms with Crippen molar-refractivity contribution in [2.24, 2.45) is 5.92 Å². The van der Waals surface area contributed by atoms with E-state index in [2.05, 4.69) is 22.5 Å². The third kappa shape index (κ3) is 4.69. The van der Waals surface area contributed by atoms with Gasteiger partial charge in [-0.05, 0) is 55.9 Å². The van der Waals surface area contributed by atoms with Gasteiger partial charge in [-0.2, -0.15) is 0 Å². The lowest BCUT2D eigenvalue weighted by atomic mass is 10.0. The molecule has 2 aromatic rings. The van der Waals surface area contributed by atoms with Gasteiger partial charge in [-0.1, -0.05) is 19.1 Å². The van der Waals surface area contributed by atoms with E-state index in [0.717, 1.165) is 37.2 Å². The second-order valence-corrected chi connectivity index (χ2v) is 6.91. The molecular weight excluding hydrogens is 326 g/mol. The quantitative estimate of drug-likeness (QED) is 0.690. The second kappa shape index (κ2) is 8.13. The van der Waals surface area contributed by atoms with Gasteiger partial charge in [0.15, 0.2) is 5.78 Å². The van der Waals surface area contributed by atoms with Crippen molar-refractivity contribution in [2.75, 3.05) is 17.2 Å². The molecule has 3 rings (SSSR count). The standard InChI is InChI=1S/C21H25N3O2/c1-3-10-22-20-9-8-17(13-23-20)21(26)24-18-12-16(7-4-14(18)2)19(25)11-15-5-6-15/h4,7-9,12-13,15H,3,5-6,10-11H2,1-2H3,(H,22,23)(H,24,26). The van der Waals surface area contributed by atoms with Gasteiger partial charge in [-0.25, -0.2) is 4.98 Å². The molecule has 1 fully saturated rings. The van der Waals surface area contributed by atoms with Crippen LogP contribution < -0.4 is 10.6 Å². The van der Waals surface area contributed by atoms with Gasteiger partial charge >= 0.3 is 0 Å². The Balaban J connectivity index is 1.68. The molecule has 1 amide bonds. The molecule has 1 aromatic heterocycles. The molecule has 2 N–H and O–H groups in total. The maximum atomic E-state index is 12.5. The van der Waals surface area contributed by atoms with Crippen LogP contribution >= 0.6 is 0 Å². The Morgan fingerprint density at radius 3 is 2.58 bits per heavy atom. The highest BCUT2D eigenvalue weighted by molar-refractivity contribution is 6.05. The van der Waals surface area contributed by atoms with Crippen LogP contribution in [0.15, 0.2) is 36.5 Å². The molecular formula is C21H25N3O2. The third-order valence-corrected chi connectivity index (χ3v) is 4.56. The predicted molar refractivity (Wildman–Crippen MR) is 104 cm³/mol. The van der Waals surface area contributed by atoms with Crippen LogP contribution in [-0.2, 0) is 0 Å². The van der Waals surface area contributed by atoms with Gasteiger partial charge in [0.25, 0.3) is 5.91 Å². The first kappa shape index (κ1) is 18.1. The molecule has 1 saturated carbocycles. The van der Waals surface area contributed by atoms with Crippen molar-refractivity contribution in [2.45, 2.75) is 39.5 Å². The minimum atomic E-state index is -0.227. The minimum Gasteiger partial charge on any atom is -0.370 e. The van der Waals surface area contributed by atoms with Crippen molar-refractivity contribution in [1.82, 2.24) is 4.98 Å². The molecule has 0 aliphatic heterocycles. The number of hydrogen-bond acceptors (Lipinski definition) is 4. The van der Waals surface area contributed by atoms with E-state index in [1.807, 2.05) is 19.1 Å². The molecule has 1 aromatic carbocycles. The number of carbonyl (C=O) groups is 2. The fourth-order valence-corrected chi connectivity index (χ4v) is 2.71. The van der Waals surface area contributed by atoms with Gasteiger partial charge < -0.3 is 10.6 Å². The molecule has 0 atom stereocenters. The van der Waals surface area contributed by atoms with E-state index in [1.54, 1.807) is 24.4 Å². The largest absolute Gasteiger partial charge is 0.370 e. The number of amides is 1. The van der Waals surface area contributed by atoms with Gasteiger partial charge in [0, 0.05) is 30.4 Å². The van der Waals surface area contributed by atoms with Crippen LogP contribution in [0.1, 0.15) is 58.9 Å². The lowest BCUT2D eigenvalue weighted by Gasteiger charge is -2.11. The number of nitrogens with zero attached hydrogens (tertiary/aromatic N) is 1. The molecule has 0 unspecified atom stereocenters. The first-order valence-corrected chi connectivity index (χ1v) is 9.22. The van der Waals surface area contributed by atoms with Crippen LogP contribution in [0.3, 0.4) is 0 Å². The highest BCUT2D eigenvalue weighted by atomic mass is 16.1. The van der Waals surface area contributed by atoms with Crippen molar-refractivity contribution in [3.63, 3.8) is 0 Å². The van der Waals surface area contributed by atoms with Gasteiger partial charge in [0.2, 0.25) is 0 Å². The summed E-state index contributed by atoms with van der Waals surface area (Å²) in [5.74, 6) is 1.23. The molecule has 5 heteroatoms. The summed E-state index contributed by atoms with van der Waals surface area (Å²) in [4.78, 5) is 29.1. The van der Waals surface area contributed by atoms with Crippen LogP contribution in [-0.4, -0.2) is 23.2 Å². The van der Waals surface area contributed by atoms with Gasteiger partial charge in [0.05, 0.1) is 5.56 Å². The Hall–Kier alpha value is -2.69. The number of aromatic nitrogens is 1. The van der Waals surface area contributed by atoms with Gasteiger partial charge in [-0.3, -0.25) is 9.59 Å². The average molecular weight is 351 g/mol. The number of hydrogen-bond donors (Lipinski definition) is 2. The van der Waals surface area contributed by atoms with Crippen molar-refractivity contribution in [3.8, 4) is 0 Å². The highest BCUT2D eigenvalue weighted by Gasteiger charge is 2.25.